The summed E-state index contributed by atoms with van der Waals surface area (Å²) in [5, 5.41) is 10.1. The van der Waals surface area contributed by atoms with Crippen LogP contribution >= 0.6 is 12.6 Å². The first kappa shape index (κ1) is 21.4. The first-order chi connectivity index (χ1) is 14.1. The number of carbonyl (C=O) groups excluding carboxylic acids is 1. The highest BCUT2D eigenvalue weighted by Gasteiger charge is 2.45. The molecule has 1 fully saturated rings. The van der Waals surface area contributed by atoms with Crippen LogP contribution < -0.4 is 0 Å². The summed E-state index contributed by atoms with van der Waals surface area (Å²) in [6.45, 7) is 1.19. The van der Waals surface area contributed by atoms with E-state index < -0.39 is 11.4 Å². The van der Waals surface area contributed by atoms with E-state index in [9.17, 15) is 14.7 Å². The molecule has 1 saturated heterocycles. The van der Waals surface area contributed by atoms with E-state index >= 15 is 0 Å². The minimum Gasteiger partial charge on any atom is -0.481 e. The number of hydrogen-bond donors (Lipinski definition) is 2. The van der Waals surface area contributed by atoms with Crippen LogP contribution in [0.3, 0.4) is 0 Å². The van der Waals surface area contributed by atoms with Crippen LogP contribution in [0.1, 0.15) is 41.6 Å². The summed E-state index contributed by atoms with van der Waals surface area (Å²) in [4.78, 5) is 26.8. The van der Waals surface area contributed by atoms with Crippen LogP contribution in [-0.2, 0) is 11.2 Å². The predicted octanol–water partition coefficient (Wildman–Crippen LogP) is 4.56. The van der Waals surface area contributed by atoms with Gasteiger partial charge >= 0.3 is 5.97 Å². The fourth-order valence-electron chi connectivity index (χ4n) is 4.41. The molecular weight excluding hydrogens is 382 g/mol. The summed E-state index contributed by atoms with van der Waals surface area (Å²) in [7, 11) is 0. The van der Waals surface area contributed by atoms with Crippen LogP contribution in [0.2, 0.25) is 0 Å². The second-order valence-corrected chi connectivity index (χ2v) is 8.21. The van der Waals surface area contributed by atoms with Gasteiger partial charge in [0.2, 0.25) is 0 Å². The number of amides is 1. The molecule has 2 aromatic carbocycles. The topological polar surface area (TPSA) is 57.6 Å². The summed E-state index contributed by atoms with van der Waals surface area (Å²) in [6, 6.07) is 19.5. The lowest BCUT2D eigenvalue weighted by Gasteiger charge is -2.41. The highest BCUT2D eigenvalue weighted by molar-refractivity contribution is 7.80. The van der Waals surface area contributed by atoms with Gasteiger partial charge in [0.25, 0.3) is 5.91 Å². The van der Waals surface area contributed by atoms with Crippen molar-refractivity contribution in [3.05, 3.63) is 71.8 Å². The molecule has 3 rings (SSSR count). The molecule has 1 atom stereocenters. The molecule has 1 unspecified atom stereocenters. The van der Waals surface area contributed by atoms with E-state index in [0.717, 1.165) is 12.8 Å². The number of piperidine rings is 1. The van der Waals surface area contributed by atoms with Gasteiger partial charge in [0, 0.05) is 24.4 Å². The Balaban J connectivity index is 1.62. The van der Waals surface area contributed by atoms with E-state index in [2.05, 4.69) is 24.8 Å². The minimum atomic E-state index is -0.834. The largest absolute Gasteiger partial charge is 0.481 e. The summed E-state index contributed by atoms with van der Waals surface area (Å²) >= 11 is 4.47. The lowest BCUT2D eigenvalue weighted by atomic mass is 9.69. The number of thiol groups is 1. The molecule has 154 valence electrons. The SMILES string of the molecule is O=C(c1ccccc1)N1CCC(C(CS)(CCCc2ccccc2)C(=O)O)CC1. The van der Waals surface area contributed by atoms with Gasteiger partial charge in [-0.2, -0.15) is 12.6 Å². The molecule has 1 aliphatic rings. The van der Waals surface area contributed by atoms with Crippen molar-refractivity contribution in [2.45, 2.75) is 32.1 Å². The Morgan fingerprint density at radius 3 is 2.14 bits per heavy atom. The quantitative estimate of drug-likeness (QED) is 0.626. The van der Waals surface area contributed by atoms with Gasteiger partial charge < -0.3 is 10.0 Å². The van der Waals surface area contributed by atoms with Gasteiger partial charge in [-0.1, -0.05) is 48.5 Å². The Bertz CT molecular complexity index is 803. The van der Waals surface area contributed by atoms with Crippen LogP contribution in [0.4, 0.5) is 0 Å². The minimum absolute atomic E-state index is 0.0277. The molecule has 0 aromatic heterocycles. The molecule has 1 N–H and O–H groups in total. The van der Waals surface area contributed by atoms with Crippen molar-refractivity contribution in [1.82, 2.24) is 4.90 Å². The Kier molecular flexibility index (Phi) is 7.37. The normalized spacial score (nSPS) is 16.9. The van der Waals surface area contributed by atoms with Crippen LogP contribution in [0.25, 0.3) is 0 Å². The number of rotatable bonds is 8. The van der Waals surface area contributed by atoms with Gasteiger partial charge in [-0.15, -0.1) is 0 Å². The van der Waals surface area contributed by atoms with Gasteiger partial charge in [-0.3, -0.25) is 9.59 Å². The fraction of sp³-hybridized carbons (Fsp3) is 0.417. The van der Waals surface area contributed by atoms with Crippen molar-refractivity contribution in [1.29, 1.82) is 0 Å². The molecular formula is C24H29NO3S. The molecule has 29 heavy (non-hydrogen) atoms. The third-order valence-electron chi connectivity index (χ3n) is 6.22. The van der Waals surface area contributed by atoms with Crippen molar-refractivity contribution < 1.29 is 14.7 Å². The number of benzene rings is 2. The molecule has 0 aliphatic carbocycles. The lowest BCUT2D eigenvalue weighted by molar-refractivity contribution is -0.152. The summed E-state index contributed by atoms with van der Waals surface area (Å²) in [5.74, 6) is -0.365. The Hall–Kier alpha value is -2.27. The standard InChI is InChI=1S/C24H29NO3S/c26-22(20-11-5-2-6-12-20)25-16-13-21(14-17-25)24(18-29,23(27)28)15-7-10-19-8-3-1-4-9-19/h1-6,8-9,11-12,21,29H,7,10,13-18H2,(H,27,28). The molecule has 4 nitrogen and oxygen atoms in total. The van der Waals surface area contributed by atoms with E-state index in [4.69, 9.17) is 0 Å². The molecule has 0 spiro atoms. The lowest BCUT2D eigenvalue weighted by Crippen LogP contribution is -2.47. The van der Waals surface area contributed by atoms with Crippen LogP contribution in [0.15, 0.2) is 60.7 Å². The van der Waals surface area contributed by atoms with Crippen LogP contribution in [-0.4, -0.2) is 40.7 Å². The Morgan fingerprint density at radius 2 is 1.59 bits per heavy atom. The zero-order chi connectivity index (χ0) is 20.7. The number of carboxylic acid groups (broad SMARTS) is 1. The third-order valence-corrected chi connectivity index (χ3v) is 6.79. The Labute approximate surface area is 178 Å². The number of carbonyl (C=O) groups is 2. The molecule has 1 amide bonds. The molecule has 1 heterocycles. The van der Waals surface area contributed by atoms with E-state index in [1.54, 1.807) is 0 Å². The summed E-state index contributed by atoms with van der Waals surface area (Å²) < 4.78 is 0. The highest BCUT2D eigenvalue weighted by Crippen LogP contribution is 2.41. The van der Waals surface area contributed by atoms with Crippen LogP contribution in [0, 0.1) is 11.3 Å². The Morgan fingerprint density at radius 1 is 1.00 bits per heavy atom. The number of aryl methyl sites for hydroxylation is 1. The molecule has 2 aromatic rings. The zero-order valence-corrected chi connectivity index (χ0v) is 17.6. The van der Waals surface area contributed by atoms with Crippen molar-refractivity contribution in [2.75, 3.05) is 18.8 Å². The van der Waals surface area contributed by atoms with Gasteiger partial charge in [-0.05, 0) is 55.7 Å². The second-order valence-electron chi connectivity index (χ2n) is 7.89. The average Bonchev–Trinajstić information content (AvgIpc) is 2.78. The summed E-state index contributed by atoms with van der Waals surface area (Å²) in [5.41, 5.74) is 1.08. The van der Waals surface area contributed by atoms with Crippen molar-refractivity contribution >= 4 is 24.5 Å². The van der Waals surface area contributed by atoms with E-state index in [-0.39, 0.29) is 11.8 Å². The fourth-order valence-corrected chi connectivity index (χ4v) is 4.96. The van der Waals surface area contributed by atoms with E-state index in [1.807, 2.05) is 53.4 Å². The second kappa shape index (κ2) is 9.97. The highest BCUT2D eigenvalue weighted by atomic mass is 32.1. The molecule has 0 bridgehead atoms. The summed E-state index contributed by atoms with van der Waals surface area (Å²) in [6.07, 6.45) is 3.71. The maximum absolute atomic E-state index is 12.7. The number of carboxylic acids is 1. The molecule has 1 aliphatic heterocycles. The van der Waals surface area contributed by atoms with Gasteiger partial charge in [0.05, 0.1) is 5.41 Å². The smallest absolute Gasteiger partial charge is 0.310 e. The third kappa shape index (κ3) is 5.02. The molecule has 0 radical (unpaired) electrons. The van der Waals surface area contributed by atoms with Gasteiger partial charge in [0.15, 0.2) is 0 Å². The van der Waals surface area contributed by atoms with Crippen molar-refractivity contribution in [3.8, 4) is 0 Å². The maximum Gasteiger partial charge on any atom is 0.310 e. The van der Waals surface area contributed by atoms with E-state index in [0.29, 0.717) is 43.7 Å². The zero-order valence-electron chi connectivity index (χ0n) is 16.7. The number of aliphatic carboxylic acids is 1. The number of likely N-dealkylation sites (tertiary alicyclic amines) is 1. The first-order valence-electron chi connectivity index (χ1n) is 10.3. The van der Waals surface area contributed by atoms with Crippen molar-refractivity contribution in [3.63, 3.8) is 0 Å². The van der Waals surface area contributed by atoms with Gasteiger partial charge in [-0.25, -0.2) is 0 Å². The first-order valence-corrected chi connectivity index (χ1v) is 10.9. The maximum atomic E-state index is 12.7. The van der Waals surface area contributed by atoms with Crippen LogP contribution in [0.5, 0.6) is 0 Å². The van der Waals surface area contributed by atoms with Crippen molar-refractivity contribution in [2.24, 2.45) is 11.3 Å². The average molecular weight is 412 g/mol. The number of hydrogen-bond acceptors (Lipinski definition) is 3. The monoisotopic (exact) mass is 411 g/mol. The molecule has 5 heteroatoms. The van der Waals surface area contributed by atoms with Gasteiger partial charge in [0.1, 0.15) is 0 Å². The van der Waals surface area contributed by atoms with E-state index in [1.165, 1.54) is 5.56 Å². The molecule has 0 saturated carbocycles. The predicted molar refractivity (Wildman–Crippen MR) is 118 cm³/mol. The number of nitrogens with zero attached hydrogens (tertiary/aromatic N) is 1.